The first-order valence-electron chi connectivity index (χ1n) is 10.5. The Bertz CT molecular complexity index is 654. The molecule has 1 aromatic rings. The molecule has 4 N–H and O–H groups in total. The topological polar surface area (TPSA) is 107 Å². The molecule has 170 valence electrons. The van der Waals surface area contributed by atoms with Gasteiger partial charge in [-0.2, -0.15) is 11.8 Å². The minimum Gasteiger partial charge on any atom is -0.491 e. The monoisotopic (exact) mass is 460 g/mol. The van der Waals surface area contributed by atoms with E-state index < -0.39 is 23.8 Å². The second-order valence-electron chi connectivity index (χ2n) is 8.40. The van der Waals surface area contributed by atoms with E-state index in [0.717, 1.165) is 25.7 Å². The molecule has 0 saturated heterocycles. The van der Waals surface area contributed by atoms with Gasteiger partial charge in [0.2, 0.25) is 0 Å². The number of rotatable bonds is 13. The average molecular weight is 461 g/mol. The number of carbonyl (C=O) groups is 1. The van der Waals surface area contributed by atoms with Crippen molar-refractivity contribution in [3.05, 3.63) is 29.3 Å². The van der Waals surface area contributed by atoms with Gasteiger partial charge in [-0.15, -0.1) is 0 Å². The van der Waals surface area contributed by atoms with Gasteiger partial charge in [0.1, 0.15) is 18.0 Å². The third-order valence-corrected chi connectivity index (χ3v) is 7.50. The van der Waals surface area contributed by atoms with Crippen molar-refractivity contribution in [3.63, 3.8) is 0 Å². The van der Waals surface area contributed by atoms with Crippen molar-refractivity contribution in [2.24, 2.45) is 5.92 Å². The lowest BCUT2D eigenvalue weighted by atomic mass is 9.97. The van der Waals surface area contributed by atoms with Gasteiger partial charge in [-0.3, -0.25) is 4.79 Å². The fourth-order valence-corrected chi connectivity index (χ4v) is 5.41. The van der Waals surface area contributed by atoms with Crippen LogP contribution in [-0.2, 0) is 4.79 Å². The van der Waals surface area contributed by atoms with Crippen LogP contribution >= 0.6 is 23.4 Å². The van der Waals surface area contributed by atoms with Gasteiger partial charge < -0.3 is 25.2 Å². The van der Waals surface area contributed by atoms with E-state index in [1.54, 1.807) is 31.2 Å². The molecular weight excluding hydrogens is 428 g/mol. The molecule has 8 heteroatoms. The molecule has 3 unspecified atom stereocenters. The molecule has 0 bridgehead atoms. The molecule has 5 atom stereocenters. The van der Waals surface area contributed by atoms with Gasteiger partial charge >= 0.3 is 5.97 Å². The first-order chi connectivity index (χ1) is 14.2. The summed E-state index contributed by atoms with van der Waals surface area (Å²) in [5.74, 6) is 0.205. The Labute approximate surface area is 187 Å². The third kappa shape index (κ3) is 8.63. The van der Waals surface area contributed by atoms with Crippen molar-refractivity contribution in [1.82, 2.24) is 0 Å². The van der Waals surface area contributed by atoms with Crippen molar-refractivity contribution in [1.29, 1.82) is 0 Å². The zero-order valence-corrected chi connectivity index (χ0v) is 18.9. The maximum absolute atomic E-state index is 10.7. The molecule has 0 amide bonds. The second kappa shape index (κ2) is 12.2. The molecule has 0 radical (unpaired) electrons. The van der Waals surface area contributed by atoms with Gasteiger partial charge in [-0.1, -0.05) is 30.9 Å². The Morgan fingerprint density at radius 2 is 1.83 bits per heavy atom. The van der Waals surface area contributed by atoms with Crippen LogP contribution < -0.4 is 4.74 Å². The van der Waals surface area contributed by atoms with E-state index in [4.69, 9.17) is 21.4 Å². The molecule has 1 saturated carbocycles. The molecule has 30 heavy (non-hydrogen) atoms. The molecule has 6 nitrogen and oxygen atoms in total. The van der Waals surface area contributed by atoms with E-state index in [-0.39, 0.29) is 24.2 Å². The van der Waals surface area contributed by atoms with Crippen molar-refractivity contribution < 1.29 is 30.0 Å². The van der Waals surface area contributed by atoms with E-state index in [2.05, 4.69) is 0 Å². The van der Waals surface area contributed by atoms with Crippen molar-refractivity contribution in [3.8, 4) is 5.75 Å². The fourth-order valence-electron chi connectivity index (χ4n) is 3.75. The number of unbranched alkanes of at least 4 members (excludes halogenated alkanes) is 3. The number of aliphatic hydroxyl groups excluding tert-OH is 2. The van der Waals surface area contributed by atoms with Crippen LogP contribution in [0.15, 0.2) is 24.3 Å². The molecule has 0 aromatic heterocycles. The van der Waals surface area contributed by atoms with Gasteiger partial charge in [0.05, 0.1) is 12.2 Å². The molecule has 0 heterocycles. The summed E-state index contributed by atoms with van der Waals surface area (Å²) in [5, 5.41) is 40.6. The number of carboxylic acids is 1. The predicted molar refractivity (Wildman–Crippen MR) is 119 cm³/mol. The van der Waals surface area contributed by atoms with Gasteiger partial charge in [0.25, 0.3) is 0 Å². The highest BCUT2D eigenvalue weighted by Gasteiger charge is 2.42. The molecule has 1 aliphatic carbocycles. The fraction of sp³-hybridized carbons (Fsp3) is 0.682. The quantitative estimate of drug-likeness (QED) is 0.332. The summed E-state index contributed by atoms with van der Waals surface area (Å²) < 4.78 is 5.66. The number of carboxylic acid groups (broad SMARTS) is 1. The van der Waals surface area contributed by atoms with Gasteiger partial charge in [0.15, 0.2) is 0 Å². The Hall–Kier alpha value is -0.990. The molecule has 1 fully saturated rings. The molecule has 0 aliphatic heterocycles. The summed E-state index contributed by atoms with van der Waals surface area (Å²) in [5.41, 5.74) is -1.08. The van der Waals surface area contributed by atoms with Gasteiger partial charge in [-0.25, -0.2) is 0 Å². The Kier molecular flexibility index (Phi) is 10.2. The van der Waals surface area contributed by atoms with Crippen LogP contribution in [0.25, 0.3) is 0 Å². The van der Waals surface area contributed by atoms with E-state index in [1.165, 1.54) is 11.8 Å². The van der Waals surface area contributed by atoms with Crippen LogP contribution in [0.3, 0.4) is 0 Å². The third-order valence-electron chi connectivity index (χ3n) is 5.41. The number of aliphatic carboxylic acids is 1. The van der Waals surface area contributed by atoms with Crippen LogP contribution in [0.4, 0.5) is 0 Å². The maximum atomic E-state index is 10.7. The first kappa shape index (κ1) is 25.3. The molecular formula is C22H33ClO6S. The van der Waals surface area contributed by atoms with E-state index in [1.807, 2.05) is 0 Å². The summed E-state index contributed by atoms with van der Waals surface area (Å²) in [6, 6.07) is 6.94. The highest BCUT2D eigenvalue weighted by atomic mass is 35.5. The van der Waals surface area contributed by atoms with E-state index in [0.29, 0.717) is 29.4 Å². The molecule has 1 aliphatic rings. The minimum atomic E-state index is -1.08. The largest absolute Gasteiger partial charge is 0.491 e. The van der Waals surface area contributed by atoms with E-state index >= 15 is 0 Å². The summed E-state index contributed by atoms with van der Waals surface area (Å²) in [7, 11) is 0. The lowest BCUT2D eigenvalue weighted by Gasteiger charge is -2.28. The Morgan fingerprint density at radius 3 is 2.50 bits per heavy atom. The van der Waals surface area contributed by atoms with Crippen LogP contribution in [0, 0.1) is 5.92 Å². The Balaban J connectivity index is 1.77. The number of hydrogen-bond donors (Lipinski definition) is 4. The van der Waals surface area contributed by atoms with E-state index in [9.17, 15) is 20.1 Å². The number of aliphatic hydroxyl groups is 3. The van der Waals surface area contributed by atoms with Gasteiger partial charge in [0, 0.05) is 28.9 Å². The zero-order valence-electron chi connectivity index (χ0n) is 17.4. The first-order valence-corrected chi connectivity index (χ1v) is 11.9. The number of ether oxygens (including phenoxy) is 1. The average Bonchev–Trinajstić information content (AvgIpc) is 2.95. The minimum absolute atomic E-state index is 0.0301. The lowest BCUT2D eigenvalue weighted by molar-refractivity contribution is -0.137. The highest BCUT2D eigenvalue weighted by molar-refractivity contribution is 8.00. The van der Waals surface area contributed by atoms with Crippen molar-refractivity contribution in [2.45, 2.75) is 74.9 Å². The standard InChI is InChI=1S/C22H33ClO6S/c1-22(28,13-29-16-10-8-15(23)9-11-16)14-30-21-17(18(24)12-19(21)25)6-4-2-3-5-7-20(26)27/h8-11,17-19,21,24-25,28H,2-7,12-14H2,1H3,(H,26,27)/t17-,18?,19?,21+,22?/m0/s1. The van der Waals surface area contributed by atoms with Crippen LogP contribution in [0.1, 0.15) is 51.9 Å². The molecule has 0 spiro atoms. The lowest BCUT2D eigenvalue weighted by Crippen LogP contribution is -2.37. The van der Waals surface area contributed by atoms with Crippen LogP contribution in [0.2, 0.25) is 5.02 Å². The summed E-state index contributed by atoms with van der Waals surface area (Å²) in [6.45, 7) is 1.81. The summed E-state index contributed by atoms with van der Waals surface area (Å²) >= 11 is 7.34. The zero-order chi connectivity index (χ0) is 22.1. The second-order valence-corrected chi connectivity index (χ2v) is 10.00. The molecule has 1 aromatic carbocycles. The summed E-state index contributed by atoms with van der Waals surface area (Å²) in [4.78, 5) is 10.6. The number of hydrogen-bond acceptors (Lipinski definition) is 6. The van der Waals surface area contributed by atoms with Gasteiger partial charge in [-0.05, 0) is 49.9 Å². The van der Waals surface area contributed by atoms with Crippen molar-refractivity contribution >= 4 is 29.3 Å². The Morgan fingerprint density at radius 1 is 1.17 bits per heavy atom. The smallest absolute Gasteiger partial charge is 0.303 e. The normalized spacial score (nSPS) is 25.8. The van der Waals surface area contributed by atoms with Crippen LogP contribution in [0.5, 0.6) is 5.75 Å². The highest BCUT2D eigenvalue weighted by Crippen LogP contribution is 2.40. The SMILES string of the molecule is CC(O)(COc1ccc(Cl)cc1)CS[C@H]1C(O)CC(O)[C@@H]1CCCCCCC(=O)O. The predicted octanol–water partition coefficient (Wildman–Crippen LogP) is 3.74. The summed E-state index contributed by atoms with van der Waals surface area (Å²) in [6.07, 6.45) is 3.50. The number of halogens is 1. The van der Waals surface area contributed by atoms with Crippen LogP contribution in [-0.4, -0.2) is 61.8 Å². The molecule has 2 rings (SSSR count). The number of thioether (sulfide) groups is 1. The van der Waals surface area contributed by atoms with Crippen molar-refractivity contribution in [2.75, 3.05) is 12.4 Å². The number of benzene rings is 1. The maximum Gasteiger partial charge on any atom is 0.303 e.